The van der Waals surface area contributed by atoms with Crippen LogP contribution < -0.4 is 5.32 Å². The van der Waals surface area contributed by atoms with Gasteiger partial charge in [0.15, 0.2) is 4.67 Å². The molecule has 3 rings (SSSR count). The first-order valence-corrected chi connectivity index (χ1v) is 9.79. The summed E-state index contributed by atoms with van der Waals surface area (Å²) >= 11 is 3.26. The maximum atomic E-state index is 12.8. The van der Waals surface area contributed by atoms with Crippen LogP contribution in [-0.4, -0.2) is 31.4 Å². The molecule has 2 saturated carbocycles. The molecule has 21 heavy (non-hydrogen) atoms. The largest absolute Gasteiger partial charge is 0.452 e. The summed E-state index contributed by atoms with van der Waals surface area (Å²) in [6.45, 7) is 3.15. The van der Waals surface area contributed by atoms with E-state index in [4.69, 9.17) is 4.42 Å². The Hall–Kier alpha value is -0.370. The highest BCUT2D eigenvalue weighted by atomic mass is 79.9. The van der Waals surface area contributed by atoms with Crippen LogP contribution in [0.4, 0.5) is 0 Å². The van der Waals surface area contributed by atoms with Gasteiger partial charge >= 0.3 is 0 Å². The van der Waals surface area contributed by atoms with E-state index in [1.807, 2.05) is 6.92 Å². The molecule has 5 nitrogen and oxygen atoms in total. The predicted molar refractivity (Wildman–Crippen MR) is 83.5 cm³/mol. The van der Waals surface area contributed by atoms with Crippen LogP contribution in [0.25, 0.3) is 0 Å². The average molecular weight is 377 g/mol. The Labute approximate surface area is 134 Å². The van der Waals surface area contributed by atoms with Gasteiger partial charge in [-0.25, -0.2) is 8.42 Å². The third kappa shape index (κ3) is 3.52. The Morgan fingerprint density at radius 3 is 2.67 bits per heavy atom. The Morgan fingerprint density at radius 2 is 2.10 bits per heavy atom. The average Bonchev–Trinajstić information content (AvgIpc) is 3.33. The van der Waals surface area contributed by atoms with Crippen molar-refractivity contribution in [1.82, 2.24) is 9.62 Å². The van der Waals surface area contributed by atoms with Crippen molar-refractivity contribution in [2.24, 2.45) is 0 Å². The van der Waals surface area contributed by atoms with Gasteiger partial charge in [0.25, 0.3) is 0 Å². The van der Waals surface area contributed by atoms with Crippen LogP contribution in [0.2, 0.25) is 0 Å². The molecule has 0 aliphatic heterocycles. The van der Waals surface area contributed by atoms with Crippen molar-refractivity contribution in [3.63, 3.8) is 0 Å². The van der Waals surface area contributed by atoms with Crippen LogP contribution in [-0.2, 0) is 16.6 Å². The van der Waals surface area contributed by atoms with Crippen molar-refractivity contribution < 1.29 is 12.8 Å². The van der Waals surface area contributed by atoms with E-state index in [-0.39, 0.29) is 10.9 Å². The summed E-state index contributed by atoms with van der Waals surface area (Å²) in [4.78, 5) is 0.260. The summed E-state index contributed by atoms with van der Waals surface area (Å²) in [5.41, 5.74) is 0. The summed E-state index contributed by atoms with van der Waals surface area (Å²) in [6, 6.07) is 2.39. The van der Waals surface area contributed by atoms with E-state index < -0.39 is 10.0 Å². The topological polar surface area (TPSA) is 62.6 Å². The van der Waals surface area contributed by atoms with Crippen LogP contribution in [0.1, 0.15) is 44.8 Å². The Bertz CT molecular complexity index is 606. The molecule has 2 aliphatic rings. The third-order valence-corrected chi connectivity index (χ3v) is 6.64. The SMILES string of the molecule is CCCN(C1CC1)S(=O)(=O)c1cc(CNC2CC2)oc1Br. The Balaban J connectivity index is 1.79. The van der Waals surface area contributed by atoms with Crippen molar-refractivity contribution in [1.29, 1.82) is 0 Å². The first-order chi connectivity index (χ1) is 10.0. The second-order valence-electron chi connectivity index (χ2n) is 5.85. The van der Waals surface area contributed by atoms with Gasteiger partial charge < -0.3 is 9.73 Å². The molecule has 0 unspecified atom stereocenters. The minimum absolute atomic E-state index is 0.171. The second kappa shape index (κ2) is 6.02. The number of hydrogen-bond donors (Lipinski definition) is 1. The van der Waals surface area contributed by atoms with Gasteiger partial charge in [0.05, 0.1) is 6.54 Å². The molecule has 0 saturated heterocycles. The minimum atomic E-state index is -3.47. The number of hydrogen-bond acceptors (Lipinski definition) is 4. The zero-order valence-corrected chi connectivity index (χ0v) is 14.5. The molecule has 7 heteroatoms. The number of sulfonamides is 1. The van der Waals surface area contributed by atoms with Crippen LogP contribution in [0.3, 0.4) is 0 Å². The maximum absolute atomic E-state index is 12.8. The van der Waals surface area contributed by atoms with Crippen molar-refractivity contribution in [2.45, 2.75) is 62.6 Å². The number of halogens is 1. The van der Waals surface area contributed by atoms with Crippen molar-refractivity contribution in [3.8, 4) is 0 Å². The molecule has 2 aliphatic carbocycles. The number of rotatable bonds is 8. The molecule has 1 aromatic rings. The van der Waals surface area contributed by atoms with Gasteiger partial charge in [-0.15, -0.1) is 0 Å². The number of nitrogens with zero attached hydrogens (tertiary/aromatic N) is 1. The molecule has 2 fully saturated rings. The van der Waals surface area contributed by atoms with Crippen molar-refractivity contribution in [2.75, 3.05) is 6.54 Å². The zero-order chi connectivity index (χ0) is 15.0. The fraction of sp³-hybridized carbons (Fsp3) is 0.714. The molecule has 1 heterocycles. The summed E-state index contributed by atoms with van der Waals surface area (Å²) in [5, 5.41) is 3.33. The lowest BCUT2D eigenvalue weighted by atomic mass is 10.4. The van der Waals surface area contributed by atoms with Crippen molar-refractivity contribution in [3.05, 3.63) is 16.5 Å². The monoisotopic (exact) mass is 376 g/mol. The third-order valence-electron chi connectivity index (χ3n) is 3.83. The van der Waals surface area contributed by atoms with Gasteiger partial charge in [-0.3, -0.25) is 0 Å². The predicted octanol–water partition coefficient (Wildman–Crippen LogP) is 2.86. The van der Waals surface area contributed by atoms with E-state index in [0.717, 1.165) is 19.3 Å². The first kappa shape index (κ1) is 15.5. The fourth-order valence-corrected chi connectivity index (χ4v) is 5.14. The van der Waals surface area contributed by atoms with Crippen LogP contribution in [0.5, 0.6) is 0 Å². The lowest BCUT2D eigenvalue weighted by Gasteiger charge is -2.20. The molecule has 0 amide bonds. The van der Waals surface area contributed by atoms with E-state index >= 15 is 0 Å². The highest BCUT2D eigenvalue weighted by molar-refractivity contribution is 9.10. The molecule has 1 N–H and O–H groups in total. The highest BCUT2D eigenvalue weighted by Crippen LogP contribution is 2.36. The molecule has 0 radical (unpaired) electrons. The highest BCUT2D eigenvalue weighted by Gasteiger charge is 2.39. The van der Waals surface area contributed by atoms with Crippen LogP contribution in [0.15, 0.2) is 20.0 Å². The van der Waals surface area contributed by atoms with Gasteiger partial charge in [0.2, 0.25) is 10.0 Å². The van der Waals surface area contributed by atoms with Gasteiger partial charge in [0, 0.05) is 24.7 Å². The Morgan fingerprint density at radius 1 is 1.38 bits per heavy atom. The lowest BCUT2D eigenvalue weighted by Crippen LogP contribution is -2.33. The fourth-order valence-electron chi connectivity index (χ4n) is 2.40. The van der Waals surface area contributed by atoms with E-state index in [1.54, 1.807) is 10.4 Å². The smallest absolute Gasteiger partial charge is 0.247 e. The molecule has 1 aromatic heterocycles. The normalized spacial score (nSPS) is 19.4. The summed E-state index contributed by atoms with van der Waals surface area (Å²) in [6.07, 6.45) is 5.13. The van der Waals surface area contributed by atoms with E-state index in [0.29, 0.717) is 29.6 Å². The zero-order valence-electron chi connectivity index (χ0n) is 12.1. The Kier molecular flexibility index (Phi) is 4.45. The molecule has 118 valence electrons. The lowest BCUT2D eigenvalue weighted by molar-refractivity contribution is 0.401. The number of furan rings is 1. The molecular weight excluding hydrogens is 356 g/mol. The summed E-state index contributed by atoms with van der Waals surface area (Å²) in [7, 11) is -3.47. The summed E-state index contributed by atoms with van der Waals surface area (Å²) < 4.78 is 33.1. The molecule has 0 aromatic carbocycles. The second-order valence-corrected chi connectivity index (χ2v) is 8.43. The molecule has 0 spiro atoms. The molecule has 0 atom stereocenters. The maximum Gasteiger partial charge on any atom is 0.247 e. The van der Waals surface area contributed by atoms with E-state index in [2.05, 4.69) is 21.2 Å². The van der Waals surface area contributed by atoms with Crippen molar-refractivity contribution >= 4 is 26.0 Å². The van der Waals surface area contributed by atoms with Gasteiger partial charge in [-0.1, -0.05) is 6.92 Å². The van der Waals surface area contributed by atoms with E-state index in [9.17, 15) is 8.42 Å². The van der Waals surface area contributed by atoms with E-state index in [1.165, 1.54) is 12.8 Å². The minimum Gasteiger partial charge on any atom is -0.452 e. The van der Waals surface area contributed by atoms with Gasteiger partial charge in [0.1, 0.15) is 10.7 Å². The number of nitrogens with one attached hydrogen (secondary N) is 1. The molecular formula is C14H21BrN2O3S. The first-order valence-electron chi connectivity index (χ1n) is 7.55. The van der Waals surface area contributed by atoms with Crippen LogP contribution in [0, 0.1) is 0 Å². The van der Waals surface area contributed by atoms with Gasteiger partial charge in [-0.05, 0) is 48.0 Å². The molecule has 0 bridgehead atoms. The summed E-state index contributed by atoms with van der Waals surface area (Å²) in [5.74, 6) is 0.666. The van der Waals surface area contributed by atoms with Crippen LogP contribution >= 0.6 is 15.9 Å². The quantitative estimate of drug-likeness (QED) is 0.757. The van der Waals surface area contributed by atoms with Gasteiger partial charge in [-0.2, -0.15) is 4.31 Å². The standard InChI is InChI=1S/C14H21BrN2O3S/c1-2-7-17(11-5-6-11)21(18,19)13-8-12(20-14(13)15)9-16-10-3-4-10/h8,10-11,16H,2-7,9H2,1H3.